The number of carbonyl (C=O) groups excluding carboxylic acids is 1. The quantitative estimate of drug-likeness (QED) is 0.923. The van der Waals surface area contributed by atoms with Gasteiger partial charge in [-0.25, -0.2) is 0 Å². The van der Waals surface area contributed by atoms with E-state index in [1.807, 2.05) is 45.2 Å². The zero-order valence-corrected chi connectivity index (χ0v) is 14.8. The van der Waals surface area contributed by atoms with E-state index in [1.165, 1.54) is 0 Å². The number of fused-ring (bicyclic) bond motifs is 1. The van der Waals surface area contributed by atoms with Crippen molar-refractivity contribution < 1.29 is 9.53 Å². The molecule has 1 heterocycles. The number of nitrogens with zero attached hydrogens (tertiary/aromatic N) is 1. The summed E-state index contributed by atoms with van der Waals surface area (Å²) in [4.78, 5) is 14.8. The predicted molar refractivity (Wildman–Crippen MR) is 91.1 cm³/mol. The van der Waals surface area contributed by atoms with Crippen molar-refractivity contribution in [2.75, 3.05) is 13.7 Å². The molecule has 1 aromatic rings. The van der Waals surface area contributed by atoms with Crippen LogP contribution in [0.15, 0.2) is 24.3 Å². The minimum atomic E-state index is -0.856. The minimum Gasteiger partial charge on any atom is -0.377 e. The Balaban J connectivity index is 1.78. The minimum absolute atomic E-state index is 0.00535. The third-order valence-electron chi connectivity index (χ3n) is 5.69. The summed E-state index contributed by atoms with van der Waals surface area (Å²) in [6.45, 7) is 5.37. The molecule has 3 unspecified atom stereocenters. The smallest absolute Gasteiger partial charge is 0.243 e. The normalized spacial score (nSPS) is 31.9. The molecule has 4 nitrogen and oxygen atoms in total. The van der Waals surface area contributed by atoms with Crippen molar-refractivity contribution in [2.45, 2.75) is 44.9 Å². The average molecular weight is 337 g/mol. The number of nitrogens with two attached hydrogens (primary N) is 1. The third-order valence-corrected chi connectivity index (χ3v) is 5.93. The van der Waals surface area contributed by atoms with Crippen LogP contribution in [0.5, 0.6) is 0 Å². The van der Waals surface area contributed by atoms with Gasteiger partial charge in [0.1, 0.15) is 5.54 Å². The molecule has 0 spiro atoms. The van der Waals surface area contributed by atoms with Gasteiger partial charge in [0.25, 0.3) is 0 Å². The third kappa shape index (κ3) is 2.48. The Bertz CT molecular complexity index is 619. The standard InChI is InChI=1S/C18H25ClN2O2/c1-17(2)15-14(8-5-9-23-15)18(17,20)16(22)21(3)11-12-6-4-7-13(19)10-12/h4,6-7,10,14-15H,5,8-9,11,20H2,1-3H3. The Morgan fingerprint density at radius 3 is 2.91 bits per heavy atom. The van der Waals surface area contributed by atoms with Crippen molar-refractivity contribution in [3.63, 3.8) is 0 Å². The number of rotatable bonds is 3. The fourth-order valence-electron chi connectivity index (χ4n) is 4.31. The molecule has 23 heavy (non-hydrogen) atoms. The van der Waals surface area contributed by atoms with Crippen LogP contribution < -0.4 is 5.73 Å². The van der Waals surface area contributed by atoms with Crippen LogP contribution in [0.4, 0.5) is 0 Å². The van der Waals surface area contributed by atoms with E-state index in [0.717, 1.165) is 25.0 Å². The highest BCUT2D eigenvalue weighted by molar-refractivity contribution is 6.30. The van der Waals surface area contributed by atoms with E-state index in [-0.39, 0.29) is 23.3 Å². The highest BCUT2D eigenvalue weighted by atomic mass is 35.5. The molecule has 1 saturated carbocycles. The Morgan fingerprint density at radius 2 is 2.22 bits per heavy atom. The summed E-state index contributed by atoms with van der Waals surface area (Å²) < 4.78 is 5.88. The number of hydrogen-bond acceptors (Lipinski definition) is 3. The first kappa shape index (κ1) is 16.7. The second-order valence-electron chi connectivity index (χ2n) is 7.42. The fourth-order valence-corrected chi connectivity index (χ4v) is 4.52. The number of hydrogen-bond donors (Lipinski definition) is 1. The van der Waals surface area contributed by atoms with E-state index in [1.54, 1.807) is 4.90 Å². The molecular formula is C18H25ClN2O2. The first-order valence-electron chi connectivity index (χ1n) is 8.19. The van der Waals surface area contributed by atoms with Crippen LogP contribution in [0, 0.1) is 11.3 Å². The Morgan fingerprint density at radius 1 is 1.48 bits per heavy atom. The van der Waals surface area contributed by atoms with Gasteiger partial charge < -0.3 is 15.4 Å². The molecule has 1 amide bonds. The molecule has 5 heteroatoms. The Labute approximate surface area is 142 Å². The van der Waals surface area contributed by atoms with Crippen molar-refractivity contribution in [1.82, 2.24) is 4.90 Å². The zero-order chi connectivity index (χ0) is 16.8. The maximum Gasteiger partial charge on any atom is 0.243 e. The van der Waals surface area contributed by atoms with Gasteiger partial charge in [-0.1, -0.05) is 37.6 Å². The first-order chi connectivity index (χ1) is 10.8. The average Bonchev–Trinajstić information content (AvgIpc) is 2.53. The summed E-state index contributed by atoms with van der Waals surface area (Å²) in [5, 5.41) is 0.676. The highest BCUT2D eigenvalue weighted by Gasteiger charge is 2.70. The lowest BCUT2D eigenvalue weighted by Crippen LogP contribution is -2.82. The summed E-state index contributed by atoms with van der Waals surface area (Å²) >= 11 is 6.03. The zero-order valence-electron chi connectivity index (χ0n) is 14.0. The molecule has 0 radical (unpaired) electrons. The number of amides is 1. The molecule has 1 saturated heterocycles. The van der Waals surface area contributed by atoms with Crippen molar-refractivity contribution in [3.8, 4) is 0 Å². The van der Waals surface area contributed by atoms with Crippen LogP contribution in [-0.2, 0) is 16.1 Å². The summed E-state index contributed by atoms with van der Waals surface area (Å²) in [7, 11) is 1.81. The lowest BCUT2D eigenvalue weighted by Gasteiger charge is -2.65. The lowest BCUT2D eigenvalue weighted by molar-refractivity contribution is -0.229. The second-order valence-corrected chi connectivity index (χ2v) is 7.86. The maximum atomic E-state index is 13.1. The van der Waals surface area contributed by atoms with Crippen molar-refractivity contribution in [3.05, 3.63) is 34.9 Å². The number of likely N-dealkylation sites (N-methyl/N-ethyl adjacent to an activating group) is 1. The molecule has 3 atom stereocenters. The van der Waals surface area contributed by atoms with E-state index in [9.17, 15) is 4.79 Å². The van der Waals surface area contributed by atoms with Gasteiger partial charge in [0.05, 0.1) is 6.10 Å². The molecule has 126 valence electrons. The molecule has 1 aliphatic heterocycles. The lowest BCUT2D eigenvalue weighted by atomic mass is 9.46. The summed E-state index contributed by atoms with van der Waals surface area (Å²) in [6.07, 6.45) is 2.02. The van der Waals surface area contributed by atoms with Gasteiger partial charge >= 0.3 is 0 Å². The van der Waals surface area contributed by atoms with Crippen LogP contribution in [0.2, 0.25) is 5.02 Å². The van der Waals surface area contributed by atoms with Crippen LogP contribution in [0.25, 0.3) is 0 Å². The van der Waals surface area contributed by atoms with E-state index < -0.39 is 5.54 Å². The van der Waals surface area contributed by atoms with Gasteiger partial charge in [-0.05, 0) is 30.5 Å². The second kappa shape index (κ2) is 5.76. The fraction of sp³-hybridized carbons (Fsp3) is 0.611. The molecule has 2 N–H and O–H groups in total. The summed E-state index contributed by atoms with van der Waals surface area (Å²) in [5.74, 6) is 0.106. The molecule has 1 aromatic carbocycles. The first-order valence-corrected chi connectivity index (χ1v) is 8.57. The Kier molecular flexibility index (Phi) is 4.20. The van der Waals surface area contributed by atoms with Crippen LogP contribution in [0.3, 0.4) is 0 Å². The van der Waals surface area contributed by atoms with Crippen LogP contribution >= 0.6 is 11.6 Å². The van der Waals surface area contributed by atoms with Gasteiger partial charge in [-0.2, -0.15) is 0 Å². The largest absolute Gasteiger partial charge is 0.377 e. The molecule has 0 aromatic heterocycles. The molecule has 2 fully saturated rings. The number of carbonyl (C=O) groups is 1. The highest BCUT2D eigenvalue weighted by Crippen LogP contribution is 2.57. The molecule has 2 aliphatic rings. The van der Waals surface area contributed by atoms with Crippen molar-refractivity contribution in [1.29, 1.82) is 0 Å². The van der Waals surface area contributed by atoms with Gasteiger partial charge in [0, 0.05) is 36.6 Å². The molecule has 3 rings (SSSR count). The van der Waals surface area contributed by atoms with Gasteiger partial charge in [0.15, 0.2) is 0 Å². The van der Waals surface area contributed by atoms with E-state index in [0.29, 0.717) is 11.6 Å². The molecule has 0 bridgehead atoms. The van der Waals surface area contributed by atoms with Gasteiger partial charge in [-0.3, -0.25) is 4.79 Å². The van der Waals surface area contributed by atoms with Crippen LogP contribution in [0.1, 0.15) is 32.3 Å². The van der Waals surface area contributed by atoms with Gasteiger partial charge in [0.2, 0.25) is 5.91 Å². The monoisotopic (exact) mass is 336 g/mol. The predicted octanol–water partition coefficient (Wildman–Crippen LogP) is 2.83. The van der Waals surface area contributed by atoms with E-state index in [2.05, 4.69) is 0 Å². The summed E-state index contributed by atoms with van der Waals surface area (Å²) in [5.41, 5.74) is 6.47. The topological polar surface area (TPSA) is 55.6 Å². The maximum absolute atomic E-state index is 13.1. The number of ether oxygens (including phenoxy) is 1. The van der Waals surface area contributed by atoms with Crippen molar-refractivity contribution in [2.24, 2.45) is 17.1 Å². The van der Waals surface area contributed by atoms with Gasteiger partial charge in [-0.15, -0.1) is 0 Å². The van der Waals surface area contributed by atoms with Crippen LogP contribution in [-0.4, -0.2) is 36.1 Å². The van der Waals surface area contributed by atoms with Crippen molar-refractivity contribution >= 4 is 17.5 Å². The molecule has 1 aliphatic carbocycles. The number of halogens is 1. The molecular weight excluding hydrogens is 312 g/mol. The Hall–Kier alpha value is -1.10. The van der Waals surface area contributed by atoms with E-state index >= 15 is 0 Å². The summed E-state index contributed by atoms with van der Waals surface area (Å²) in [6, 6.07) is 7.58. The van der Waals surface area contributed by atoms with E-state index in [4.69, 9.17) is 22.1 Å². The number of benzene rings is 1. The SMILES string of the molecule is CN(Cc1cccc(Cl)c1)C(=O)C1(N)C2CCCOC2C1(C)C.